The van der Waals surface area contributed by atoms with E-state index in [1.807, 2.05) is 32.0 Å². The molecule has 0 spiro atoms. The van der Waals surface area contributed by atoms with Gasteiger partial charge < -0.3 is 20.5 Å². The van der Waals surface area contributed by atoms with Crippen LogP contribution in [0.4, 0.5) is 21.9 Å². The standard InChI is InChI=1S/C21H22N4O3/c1-14-19(15(2)28-25-14)11-12-20(26)22-17-9-6-10-18(13-17)24-21(27)23-16-7-4-3-5-8-16/h3-10,13H,11-12H2,1-2H3,(H,22,26)(H2,23,24,27). The topological polar surface area (TPSA) is 96.3 Å². The van der Waals surface area contributed by atoms with Gasteiger partial charge in [-0.05, 0) is 50.6 Å². The second-order valence-electron chi connectivity index (χ2n) is 6.38. The summed E-state index contributed by atoms with van der Waals surface area (Å²) in [5, 5.41) is 12.2. The number of rotatable bonds is 6. The van der Waals surface area contributed by atoms with Gasteiger partial charge in [0.1, 0.15) is 5.76 Å². The van der Waals surface area contributed by atoms with E-state index < -0.39 is 0 Å². The van der Waals surface area contributed by atoms with Crippen LogP contribution in [0.5, 0.6) is 0 Å². The molecular weight excluding hydrogens is 356 g/mol. The molecule has 0 aliphatic carbocycles. The molecule has 2 aromatic carbocycles. The Labute approximate surface area is 163 Å². The predicted octanol–water partition coefficient (Wildman–Crippen LogP) is 4.51. The van der Waals surface area contributed by atoms with Crippen LogP contribution < -0.4 is 16.0 Å². The number of hydrogen-bond donors (Lipinski definition) is 3. The lowest BCUT2D eigenvalue weighted by Gasteiger charge is -2.10. The van der Waals surface area contributed by atoms with Crippen molar-refractivity contribution >= 4 is 29.0 Å². The molecule has 0 unspecified atom stereocenters. The average molecular weight is 378 g/mol. The lowest BCUT2D eigenvalue weighted by Crippen LogP contribution is -2.19. The van der Waals surface area contributed by atoms with Crippen LogP contribution in [-0.4, -0.2) is 17.1 Å². The number of hydrogen-bond acceptors (Lipinski definition) is 4. The first kappa shape index (κ1) is 19.2. The Morgan fingerprint density at radius 1 is 0.893 bits per heavy atom. The largest absolute Gasteiger partial charge is 0.361 e. The SMILES string of the molecule is Cc1noc(C)c1CCC(=O)Nc1cccc(NC(=O)Nc2ccccc2)c1. The Bertz CT molecular complexity index is 947. The minimum Gasteiger partial charge on any atom is -0.361 e. The van der Waals surface area contributed by atoms with Crippen LogP contribution in [-0.2, 0) is 11.2 Å². The fourth-order valence-corrected chi connectivity index (χ4v) is 2.81. The quantitative estimate of drug-likeness (QED) is 0.588. The maximum absolute atomic E-state index is 12.2. The van der Waals surface area contributed by atoms with E-state index in [4.69, 9.17) is 4.52 Å². The van der Waals surface area contributed by atoms with Gasteiger partial charge in [-0.15, -0.1) is 0 Å². The van der Waals surface area contributed by atoms with Gasteiger partial charge in [-0.3, -0.25) is 4.79 Å². The van der Waals surface area contributed by atoms with Crippen molar-refractivity contribution in [2.45, 2.75) is 26.7 Å². The van der Waals surface area contributed by atoms with Gasteiger partial charge in [0.2, 0.25) is 5.91 Å². The molecule has 0 aliphatic heterocycles. The number of nitrogens with zero attached hydrogens (tertiary/aromatic N) is 1. The van der Waals surface area contributed by atoms with E-state index in [0.29, 0.717) is 29.9 Å². The van der Waals surface area contributed by atoms with Gasteiger partial charge >= 0.3 is 6.03 Å². The second kappa shape index (κ2) is 8.85. The van der Waals surface area contributed by atoms with Crippen LogP contribution in [0.1, 0.15) is 23.4 Å². The molecule has 1 aromatic heterocycles. The molecule has 1 heterocycles. The molecular formula is C21H22N4O3. The summed E-state index contributed by atoms with van der Waals surface area (Å²) in [6, 6.07) is 15.8. The van der Waals surface area contributed by atoms with Gasteiger partial charge in [0.15, 0.2) is 0 Å². The molecule has 0 aliphatic rings. The third-order valence-corrected chi connectivity index (χ3v) is 4.22. The molecule has 0 radical (unpaired) electrons. The van der Waals surface area contributed by atoms with E-state index in [2.05, 4.69) is 21.1 Å². The summed E-state index contributed by atoms with van der Waals surface area (Å²) in [7, 11) is 0. The Hall–Kier alpha value is -3.61. The predicted molar refractivity (Wildman–Crippen MR) is 108 cm³/mol. The molecule has 3 aromatic rings. The van der Waals surface area contributed by atoms with Gasteiger partial charge in [0.25, 0.3) is 0 Å². The van der Waals surface area contributed by atoms with Crippen molar-refractivity contribution in [3.8, 4) is 0 Å². The number of nitrogens with one attached hydrogen (secondary N) is 3. The highest BCUT2D eigenvalue weighted by atomic mass is 16.5. The van der Waals surface area contributed by atoms with Gasteiger partial charge in [-0.2, -0.15) is 0 Å². The lowest BCUT2D eigenvalue weighted by atomic mass is 10.1. The number of benzene rings is 2. The Balaban J connectivity index is 1.54. The zero-order valence-electron chi connectivity index (χ0n) is 15.8. The van der Waals surface area contributed by atoms with Crippen molar-refractivity contribution < 1.29 is 14.1 Å². The molecule has 3 amide bonds. The van der Waals surface area contributed by atoms with Crippen LogP contribution in [0.2, 0.25) is 0 Å². The number of carbonyl (C=O) groups excluding carboxylic acids is 2. The molecule has 0 saturated heterocycles. The summed E-state index contributed by atoms with van der Waals surface area (Å²) in [5.41, 5.74) is 3.66. The molecule has 28 heavy (non-hydrogen) atoms. The van der Waals surface area contributed by atoms with E-state index in [-0.39, 0.29) is 11.9 Å². The average Bonchev–Trinajstić information content (AvgIpc) is 2.99. The summed E-state index contributed by atoms with van der Waals surface area (Å²) < 4.78 is 5.11. The third kappa shape index (κ3) is 5.20. The smallest absolute Gasteiger partial charge is 0.323 e. The van der Waals surface area contributed by atoms with E-state index in [0.717, 1.165) is 17.0 Å². The van der Waals surface area contributed by atoms with Crippen LogP contribution >= 0.6 is 0 Å². The summed E-state index contributed by atoms with van der Waals surface area (Å²) in [4.78, 5) is 24.3. The molecule has 144 valence electrons. The monoisotopic (exact) mass is 378 g/mol. The Morgan fingerprint density at radius 3 is 2.21 bits per heavy atom. The molecule has 0 bridgehead atoms. The number of carbonyl (C=O) groups is 2. The highest BCUT2D eigenvalue weighted by Crippen LogP contribution is 2.18. The summed E-state index contributed by atoms with van der Waals surface area (Å²) in [6.45, 7) is 3.70. The van der Waals surface area contributed by atoms with Gasteiger partial charge in [0.05, 0.1) is 5.69 Å². The van der Waals surface area contributed by atoms with E-state index in [1.165, 1.54) is 0 Å². The van der Waals surface area contributed by atoms with Crippen molar-refractivity contribution in [1.82, 2.24) is 5.16 Å². The molecule has 0 saturated carbocycles. The number of aryl methyl sites for hydroxylation is 2. The van der Waals surface area contributed by atoms with Crippen molar-refractivity contribution in [2.75, 3.05) is 16.0 Å². The molecule has 7 heteroatoms. The van der Waals surface area contributed by atoms with Crippen molar-refractivity contribution in [2.24, 2.45) is 0 Å². The molecule has 0 atom stereocenters. The lowest BCUT2D eigenvalue weighted by molar-refractivity contribution is -0.116. The first-order valence-electron chi connectivity index (χ1n) is 8.96. The van der Waals surface area contributed by atoms with Gasteiger partial charge in [0, 0.05) is 29.0 Å². The first-order chi connectivity index (χ1) is 13.5. The van der Waals surface area contributed by atoms with Crippen LogP contribution in [0.25, 0.3) is 0 Å². The maximum Gasteiger partial charge on any atom is 0.323 e. The van der Waals surface area contributed by atoms with Gasteiger partial charge in [-0.1, -0.05) is 29.4 Å². The molecule has 7 nitrogen and oxygen atoms in total. The zero-order valence-corrected chi connectivity index (χ0v) is 15.8. The van der Waals surface area contributed by atoms with Crippen molar-refractivity contribution in [3.05, 3.63) is 71.6 Å². The number of para-hydroxylation sites is 1. The third-order valence-electron chi connectivity index (χ3n) is 4.22. The second-order valence-corrected chi connectivity index (χ2v) is 6.38. The van der Waals surface area contributed by atoms with Crippen molar-refractivity contribution in [3.63, 3.8) is 0 Å². The van der Waals surface area contributed by atoms with E-state index in [1.54, 1.807) is 36.4 Å². The van der Waals surface area contributed by atoms with Crippen molar-refractivity contribution in [1.29, 1.82) is 0 Å². The fraction of sp³-hybridized carbons (Fsp3) is 0.190. The van der Waals surface area contributed by atoms with Crippen LogP contribution in [0.3, 0.4) is 0 Å². The Morgan fingerprint density at radius 2 is 1.54 bits per heavy atom. The zero-order chi connectivity index (χ0) is 19.9. The molecule has 0 fully saturated rings. The summed E-state index contributed by atoms with van der Waals surface area (Å²) in [6.07, 6.45) is 0.874. The fourth-order valence-electron chi connectivity index (χ4n) is 2.81. The highest BCUT2D eigenvalue weighted by Gasteiger charge is 2.11. The van der Waals surface area contributed by atoms with Gasteiger partial charge in [-0.25, -0.2) is 4.79 Å². The van der Waals surface area contributed by atoms with Crippen LogP contribution in [0.15, 0.2) is 59.1 Å². The van der Waals surface area contributed by atoms with Crippen LogP contribution in [0, 0.1) is 13.8 Å². The normalized spacial score (nSPS) is 10.4. The maximum atomic E-state index is 12.2. The number of amides is 3. The minimum atomic E-state index is -0.354. The summed E-state index contributed by atoms with van der Waals surface area (Å²) >= 11 is 0. The molecule has 3 rings (SSSR count). The first-order valence-corrected chi connectivity index (χ1v) is 8.96. The van der Waals surface area contributed by atoms with E-state index >= 15 is 0 Å². The molecule has 3 N–H and O–H groups in total. The number of anilines is 3. The summed E-state index contributed by atoms with van der Waals surface area (Å²) in [5.74, 6) is 0.617. The van der Waals surface area contributed by atoms with E-state index in [9.17, 15) is 9.59 Å². The highest BCUT2D eigenvalue weighted by molar-refractivity contribution is 6.00. The number of aromatic nitrogens is 1. The number of urea groups is 1. The Kier molecular flexibility index (Phi) is 6.06. The minimum absolute atomic E-state index is 0.120.